The van der Waals surface area contributed by atoms with Gasteiger partial charge in [0.1, 0.15) is 0 Å². The quantitative estimate of drug-likeness (QED) is 0.788. The van der Waals surface area contributed by atoms with E-state index < -0.39 is 0 Å². The number of fused-ring (bicyclic) bond motifs is 2. The Balaban J connectivity index is 0.00000132. The van der Waals surface area contributed by atoms with Gasteiger partial charge in [0, 0.05) is 31.2 Å². The minimum atomic E-state index is -0.0266. The normalized spacial score (nSPS) is 33.7. The van der Waals surface area contributed by atoms with E-state index in [0.29, 0.717) is 18.4 Å². The fourth-order valence-electron chi connectivity index (χ4n) is 4.43. The van der Waals surface area contributed by atoms with Crippen molar-refractivity contribution in [3.05, 3.63) is 0 Å². The fraction of sp³-hybridized carbons (Fsp3) is 0.938. The lowest BCUT2D eigenvalue weighted by atomic mass is 9.84. The number of rotatable bonds is 4. The zero-order valence-corrected chi connectivity index (χ0v) is 15.8. The molecule has 2 bridgehead atoms. The van der Waals surface area contributed by atoms with Crippen LogP contribution in [0.1, 0.15) is 33.1 Å². The molecule has 1 heterocycles. The third-order valence-electron chi connectivity index (χ3n) is 5.85. The molecule has 3 N–H and O–H groups in total. The molecule has 3 rings (SSSR count). The van der Waals surface area contributed by atoms with E-state index in [1.54, 1.807) is 0 Å². The average Bonchev–Trinajstić information content (AvgIpc) is 3.07. The van der Waals surface area contributed by atoms with Crippen LogP contribution in [-0.2, 0) is 9.53 Å². The van der Waals surface area contributed by atoms with Crippen LogP contribution < -0.4 is 11.1 Å². The van der Waals surface area contributed by atoms with E-state index in [2.05, 4.69) is 24.1 Å². The molecular weight excluding hydrogens is 337 g/mol. The fourth-order valence-corrected chi connectivity index (χ4v) is 4.43. The number of ether oxygens (including phenoxy) is 1. The van der Waals surface area contributed by atoms with Crippen LogP contribution in [0.5, 0.6) is 0 Å². The van der Waals surface area contributed by atoms with Gasteiger partial charge < -0.3 is 15.8 Å². The third kappa shape index (κ3) is 4.31. The Morgan fingerprint density at radius 3 is 2.39 bits per heavy atom. The number of hydrogen-bond donors (Lipinski definition) is 2. The summed E-state index contributed by atoms with van der Waals surface area (Å²) in [6, 6.07) is 0.0789. The van der Waals surface area contributed by atoms with Gasteiger partial charge in [0.15, 0.2) is 0 Å². The van der Waals surface area contributed by atoms with E-state index in [4.69, 9.17) is 10.5 Å². The van der Waals surface area contributed by atoms with Crippen molar-refractivity contribution in [1.82, 2.24) is 10.2 Å². The minimum absolute atomic E-state index is 0. The van der Waals surface area contributed by atoms with Gasteiger partial charge in [0.05, 0.1) is 19.1 Å². The van der Waals surface area contributed by atoms with Crippen LogP contribution in [0.2, 0.25) is 0 Å². The summed E-state index contributed by atoms with van der Waals surface area (Å²) in [4.78, 5) is 14.9. The van der Waals surface area contributed by atoms with E-state index in [1.807, 2.05) is 0 Å². The van der Waals surface area contributed by atoms with Crippen LogP contribution in [0.4, 0.5) is 0 Å². The standard InChI is InChI=1S/C16H29N3O2.2ClH/c1-16(2,19-5-7-21-8-6-19)10-18-15(20)13-11-3-4-12(9-11)14(13)17;;/h11-14H,3-10,17H2,1-2H3,(H,18,20);2*1H. The highest BCUT2D eigenvalue weighted by Crippen LogP contribution is 2.47. The molecule has 1 amide bonds. The number of nitrogens with two attached hydrogens (primary N) is 1. The summed E-state index contributed by atoms with van der Waals surface area (Å²) in [7, 11) is 0. The lowest BCUT2D eigenvalue weighted by molar-refractivity contribution is -0.127. The summed E-state index contributed by atoms with van der Waals surface area (Å²) in [5.41, 5.74) is 6.23. The molecule has 23 heavy (non-hydrogen) atoms. The molecule has 0 aromatic heterocycles. The Hall–Kier alpha value is -0.0700. The van der Waals surface area contributed by atoms with E-state index in [1.165, 1.54) is 12.8 Å². The molecule has 2 aliphatic carbocycles. The van der Waals surface area contributed by atoms with Gasteiger partial charge in [0.2, 0.25) is 5.91 Å². The first-order chi connectivity index (χ1) is 9.99. The molecule has 5 nitrogen and oxygen atoms in total. The van der Waals surface area contributed by atoms with Gasteiger partial charge in [-0.25, -0.2) is 0 Å². The minimum Gasteiger partial charge on any atom is -0.379 e. The monoisotopic (exact) mass is 367 g/mol. The molecule has 7 heteroatoms. The SMILES string of the molecule is CC(C)(CNC(=O)C1C2CCC(C2)C1N)N1CCOCC1.Cl.Cl. The van der Waals surface area contributed by atoms with Crippen LogP contribution >= 0.6 is 24.8 Å². The maximum atomic E-state index is 12.5. The Morgan fingerprint density at radius 2 is 1.83 bits per heavy atom. The molecule has 0 aromatic carbocycles. The summed E-state index contributed by atoms with van der Waals surface area (Å²) in [6.07, 6.45) is 3.56. The van der Waals surface area contributed by atoms with Crippen molar-refractivity contribution in [2.45, 2.75) is 44.7 Å². The van der Waals surface area contributed by atoms with E-state index >= 15 is 0 Å². The average molecular weight is 368 g/mol. The van der Waals surface area contributed by atoms with Crippen molar-refractivity contribution in [2.24, 2.45) is 23.5 Å². The van der Waals surface area contributed by atoms with Gasteiger partial charge in [-0.3, -0.25) is 9.69 Å². The van der Waals surface area contributed by atoms with Gasteiger partial charge in [-0.2, -0.15) is 0 Å². The van der Waals surface area contributed by atoms with E-state index in [9.17, 15) is 4.79 Å². The lowest BCUT2D eigenvalue weighted by Crippen LogP contribution is -2.56. The van der Waals surface area contributed by atoms with Gasteiger partial charge in [0.25, 0.3) is 0 Å². The second-order valence-electron chi connectivity index (χ2n) is 7.57. The predicted molar refractivity (Wildman–Crippen MR) is 96.3 cm³/mol. The molecular formula is C16H31Cl2N3O2. The summed E-state index contributed by atoms with van der Waals surface area (Å²) in [6.45, 7) is 8.53. The van der Waals surface area contributed by atoms with Crippen molar-refractivity contribution in [1.29, 1.82) is 0 Å². The number of carbonyl (C=O) groups is 1. The molecule has 0 radical (unpaired) electrons. The van der Waals surface area contributed by atoms with Crippen LogP contribution in [0.25, 0.3) is 0 Å². The topological polar surface area (TPSA) is 67.6 Å². The van der Waals surface area contributed by atoms with Crippen LogP contribution in [0, 0.1) is 17.8 Å². The Labute approximate surface area is 151 Å². The van der Waals surface area contributed by atoms with Crippen molar-refractivity contribution in [2.75, 3.05) is 32.8 Å². The second kappa shape index (κ2) is 8.34. The Morgan fingerprint density at radius 1 is 1.22 bits per heavy atom. The Bertz CT molecular complexity index is 401. The maximum absolute atomic E-state index is 12.5. The van der Waals surface area contributed by atoms with Crippen LogP contribution in [0.15, 0.2) is 0 Å². The molecule has 2 saturated carbocycles. The molecule has 1 aliphatic heterocycles. The van der Waals surface area contributed by atoms with Gasteiger partial charge >= 0.3 is 0 Å². The summed E-state index contributed by atoms with van der Waals surface area (Å²) in [5, 5.41) is 3.18. The van der Waals surface area contributed by atoms with Gasteiger partial charge in [-0.1, -0.05) is 0 Å². The van der Waals surface area contributed by atoms with Crippen molar-refractivity contribution >= 4 is 30.7 Å². The number of amides is 1. The number of nitrogens with one attached hydrogen (secondary N) is 1. The molecule has 3 aliphatic rings. The largest absolute Gasteiger partial charge is 0.379 e. The third-order valence-corrected chi connectivity index (χ3v) is 5.85. The van der Waals surface area contributed by atoms with Crippen molar-refractivity contribution in [3.63, 3.8) is 0 Å². The van der Waals surface area contributed by atoms with Crippen molar-refractivity contribution < 1.29 is 9.53 Å². The van der Waals surface area contributed by atoms with Crippen LogP contribution in [0.3, 0.4) is 0 Å². The smallest absolute Gasteiger partial charge is 0.225 e. The lowest BCUT2D eigenvalue weighted by Gasteiger charge is -2.41. The van der Waals surface area contributed by atoms with Gasteiger partial charge in [-0.15, -0.1) is 24.8 Å². The van der Waals surface area contributed by atoms with Crippen molar-refractivity contribution in [3.8, 4) is 0 Å². The second-order valence-corrected chi connectivity index (χ2v) is 7.57. The highest BCUT2D eigenvalue weighted by molar-refractivity contribution is 5.85. The molecule has 4 unspecified atom stereocenters. The number of carbonyl (C=O) groups excluding carboxylic acids is 1. The Kier molecular flexibility index (Phi) is 7.61. The summed E-state index contributed by atoms with van der Waals surface area (Å²) < 4.78 is 5.40. The van der Waals surface area contributed by atoms with Crippen LogP contribution in [-0.4, -0.2) is 55.2 Å². The predicted octanol–water partition coefficient (Wildman–Crippen LogP) is 1.43. The first kappa shape index (κ1) is 21.0. The zero-order chi connectivity index (χ0) is 15.0. The first-order valence-corrected chi connectivity index (χ1v) is 8.35. The molecule has 0 aromatic rings. The molecule has 0 spiro atoms. The van der Waals surface area contributed by atoms with E-state index in [0.717, 1.165) is 32.7 Å². The van der Waals surface area contributed by atoms with Gasteiger partial charge in [-0.05, 0) is 44.9 Å². The highest BCUT2D eigenvalue weighted by atomic mass is 35.5. The number of morpholine rings is 1. The maximum Gasteiger partial charge on any atom is 0.225 e. The number of halogens is 2. The number of nitrogens with zero attached hydrogens (tertiary/aromatic N) is 1. The summed E-state index contributed by atoms with van der Waals surface area (Å²) in [5.74, 6) is 1.33. The first-order valence-electron chi connectivity index (χ1n) is 8.35. The summed E-state index contributed by atoms with van der Waals surface area (Å²) >= 11 is 0. The highest BCUT2D eigenvalue weighted by Gasteiger charge is 2.49. The molecule has 136 valence electrons. The molecule has 3 fully saturated rings. The zero-order valence-electron chi connectivity index (χ0n) is 14.1. The number of hydrogen-bond acceptors (Lipinski definition) is 4. The van der Waals surface area contributed by atoms with E-state index in [-0.39, 0.29) is 48.2 Å². The molecule has 4 atom stereocenters. The molecule has 1 saturated heterocycles.